The summed E-state index contributed by atoms with van der Waals surface area (Å²) in [5.74, 6) is 1.14. The van der Waals surface area contributed by atoms with E-state index in [2.05, 4.69) is 32.1 Å². The first-order chi connectivity index (χ1) is 8.03. The Morgan fingerprint density at radius 3 is 2.88 bits per heavy atom. The SMILES string of the molecule is CCn1cc(CC2(O)CCC(C)CC2C)cn1. The second-order valence-corrected chi connectivity index (χ2v) is 5.77. The summed E-state index contributed by atoms with van der Waals surface area (Å²) >= 11 is 0. The van der Waals surface area contributed by atoms with Gasteiger partial charge in [0.2, 0.25) is 0 Å². The average Bonchev–Trinajstić information content (AvgIpc) is 2.72. The fourth-order valence-corrected chi connectivity index (χ4v) is 2.97. The molecule has 1 N–H and O–H groups in total. The van der Waals surface area contributed by atoms with Gasteiger partial charge in [-0.05, 0) is 43.6 Å². The maximum absolute atomic E-state index is 10.8. The molecular formula is C14H24N2O. The first-order valence-corrected chi connectivity index (χ1v) is 6.77. The largest absolute Gasteiger partial charge is 0.389 e. The van der Waals surface area contributed by atoms with Gasteiger partial charge in [-0.1, -0.05) is 13.8 Å². The van der Waals surface area contributed by atoms with Crippen molar-refractivity contribution in [3.8, 4) is 0 Å². The molecule has 0 aromatic carbocycles. The Hall–Kier alpha value is -0.830. The van der Waals surface area contributed by atoms with E-state index in [1.54, 1.807) is 0 Å². The molecule has 96 valence electrons. The van der Waals surface area contributed by atoms with Crippen LogP contribution in [0.15, 0.2) is 12.4 Å². The van der Waals surface area contributed by atoms with Crippen LogP contribution in [0.2, 0.25) is 0 Å². The molecule has 0 saturated heterocycles. The van der Waals surface area contributed by atoms with Crippen molar-refractivity contribution in [3.05, 3.63) is 18.0 Å². The van der Waals surface area contributed by atoms with Crippen molar-refractivity contribution in [2.24, 2.45) is 11.8 Å². The first-order valence-electron chi connectivity index (χ1n) is 6.77. The second kappa shape index (κ2) is 4.81. The molecule has 17 heavy (non-hydrogen) atoms. The fourth-order valence-electron chi connectivity index (χ4n) is 2.97. The normalized spacial score (nSPS) is 33.9. The van der Waals surface area contributed by atoms with E-state index < -0.39 is 5.60 Å². The van der Waals surface area contributed by atoms with Crippen molar-refractivity contribution in [2.45, 2.75) is 58.6 Å². The van der Waals surface area contributed by atoms with Gasteiger partial charge < -0.3 is 5.11 Å². The van der Waals surface area contributed by atoms with Crippen LogP contribution in [-0.4, -0.2) is 20.5 Å². The number of hydrogen-bond donors (Lipinski definition) is 1. The molecule has 0 bridgehead atoms. The lowest BCUT2D eigenvalue weighted by atomic mass is 9.70. The third-order valence-corrected chi connectivity index (χ3v) is 4.26. The van der Waals surface area contributed by atoms with Gasteiger partial charge in [0.15, 0.2) is 0 Å². The molecule has 1 aromatic heterocycles. The van der Waals surface area contributed by atoms with Gasteiger partial charge in [0.25, 0.3) is 0 Å². The maximum Gasteiger partial charge on any atom is 0.0714 e. The molecule has 0 aliphatic heterocycles. The number of rotatable bonds is 3. The summed E-state index contributed by atoms with van der Waals surface area (Å²) in [5.41, 5.74) is 0.643. The third-order valence-electron chi connectivity index (χ3n) is 4.26. The van der Waals surface area contributed by atoms with Crippen LogP contribution in [-0.2, 0) is 13.0 Å². The molecule has 1 saturated carbocycles. The summed E-state index contributed by atoms with van der Waals surface area (Å²) in [5, 5.41) is 15.0. The summed E-state index contributed by atoms with van der Waals surface area (Å²) in [6.45, 7) is 7.44. The lowest BCUT2D eigenvalue weighted by Gasteiger charge is -2.40. The average molecular weight is 236 g/mol. The van der Waals surface area contributed by atoms with Gasteiger partial charge in [0.1, 0.15) is 0 Å². The van der Waals surface area contributed by atoms with Gasteiger partial charge in [0.05, 0.1) is 11.8 Å². The van der Waals surface area contributed by atoms with Crippen LogP contribution in [0.4, 0.5) is 0 Å². The lowest BCUT2D eigenvalue weighted by Crippen LogP contribution is -2.43. The van der Waals surface area contributed by atoms with Gasteiger partial charge >= 0.3 is 0 Å². The van der Waals surface area contributed by atoms with E-state index >= 15 is 0 Å². The highest BCUT2D eigenvalue weighted by Crippen LogP contribution is 2.38. The number of aromatic nitrogens is 2. The van der Waals surface area contributed by atoms with E-state index in [0.29, 0.717) is 5.92 Å². The van der Waals surface area contributed by atoms with Crippen LogP contribution in [0, 0.1) is 11.8 Å². The zero-order valence-electron chi connectivity index (χ0n) is 11.2. The van der Waals surface area contributed by atoms with Crippen LogP contribution in [0.5, 0.6) is 0 Å². The van der Waals surface area contributed by atoms with Crippen LogP contribution < -0.4 is 0 Å². The topological polar surface area (TPSA) is 38.0 Å². The van der Waals surface area contributed by atoms with Gasteiger partial charge in [-0.3, -0.25) is 4.68 Å². The van der Waals surface area contributed by atoms with Crippen molar-refractivity contribution in [2.75, 3.05) is 0 Å². The molecule has 1 heterocycles. The molecule has 1 fully saturated rings. The monoisotopic (exact) mass is 236 g/mol. The summed E-state index contributed by atoms with van der Waals surface area (Å²) in [6, 6.07) is 0. The molecule has 0 amide bonds. The Labute approximate surface area is 104 Å². The fraction of sp³-hybridized carbons (Fsp3) is 0.786. The molecule has 3 atom stereocenters. The maximum atomic E-state index is 10.8. The summed E-state index contributed by atoms with van der Waals surface area (Å²) in [4.78, 5) is 0. The van der Waals surface area contributed by atoms with Crippen molar-refractivity contribution < 1.29 is 5.11 Å². The molecule has 3 heteroatoms. The smallest absolute Gasteiger partial charge is 0.0714 e. The second-order valence-electron chi connectivity index (χ2n) is 5.77. The molecular weight excluding hydrogens is 212 g/mol. The minimum Gasteiger partial charge on any atom is -0.389 e. The Balaban J connectivity index is 2.06. The molecule has 1 aromatic rings. The van der Waals surface area contributed by atoms with Gasteiger partial charge in [-0.2, -0.15) is 5.10 Å². The number of aryl methyl sites for hydroxylation is 1. The van der Waals surface area contributed by atoms with E-state index in [1.165, 1.54) is 0 Å². The summed E-state index contributed by atoms with van der Waals surface area (Å²) in [7, 11) is 0. The highest BCUT2D eigenvalue weighted by Gasteiger charge is 2.38. The Kier molecular flexibility index (Phi) is 3.57. The minimum atomic E-state index is -0.520. The van der Waals surface area contributed by atoms with E-state index in [9.17, 15) is 5.11 Å². The van der Waals surface area contributed by atoms with Crippen molar-refractivity contribution in [1.29, 1.82) is 0 Å². The van der Waals surface area contributed by atoms with E-state index in [1.807, 2.05) is 10.9 Å². The number of hydrogen-bond acceptors (Lipinski definition) is 2. The summed E-state index contributed by atoms with van der Waals surface area (Å²) in [6.07, 6.45) is 7.91. The predicted octanol–water partition coefficient (Wildman–Crippen LogP) is 2.63. The molecule has 1 aliphatic rings. The third kappa shape index (κ3) is 2.71. The molecule has 2 rings (SSSR count). The Bertz CT molecular complexity index is 374. The van der Waals surface area contributed by atoms with E-state index in [-0.39, 0.29) is 0 Å². The standard InChI is InChI=1S/C14H24N2O/c1-4-16-10-13(9-15-16)8-14(17)6-5-11(2)7-12(14)3/h9-12,17H,4-8H2,1-3H3. The number of aliphatic hydroxyl groups is 1. The van der Waals surface area contributed by atoms with Crippen molar-refractivity contribution in [1.82, 2.24) is 9.78 Å². The molecule has 0 radical (unpaired) electrons. The van der Waals surface area contributed by atoms with Gasteiger partial charge in [0, 0.05) is 19.2 Å². The van der Waals surface area contributed by atoms with Gasteiger partial charge in [-0.15, -0.1) is 0 Å². The highest BCUT2D eigenvalue weighted by atomic mass is 16.3. The van der Waals surface area contributed by atoms with Crippen LogP contribution >= 0.6 is 0 Å². The van der Waals surface area contributed by atoms with E-state index in [4.69, 9.17) is 0 Å². The molecule has 3 unspecified atom stereocenters. The van der Waals surface area contributed by atoms with Crippen molar-refractivity contribution >= 4 is 0 Å². The highest BCUT2D eigenvalue weighted by molar-refractivity contribution is 5.10. The van der Waals surface area contributed by atoms with Crippen LogP contribution in [0.25, 0.3) is 0 Å². The first kappa shape index (κ1) is 12.6. The number of nitrogens with zero attached hydrogens (tertiary/aromatic N) is 2. The Morgan fingerprint density at radius 1 is 1.53 bits per heavy atom. The van der Waals surface area contributed by atoms with Gasteiger partial charge in [-0.25, -0.2) is 0 Å². The lowest BCUT2D eigenvalue weighted by molar-refractivity contribution is -0.0522. The summed E-state index contributed by atoms with van der Waals surface area (Å²) < 4.78 is 1.93. The zero-order valence-corrected chi connectivity index (χ0v) is 11.2. The predicted molar refractivity (Wildman–Crippen MR) is 68.7 cm³/mol. The quantitative estimate of drug-likeness (QED) is 0.876. The zero-order chi connectivity index (χ0) is 12.5. The van der Waals surface area contributed by atoms with Crippen LogP contribution in [0.1, 0.15) is 45.6 Å². The Morgan fingerprint density at radius 2 is 2.29 bits per heavy atom. The molecule has 3 nitrogen and oxygen atoms in total. The minimum absolute atomic E-state index is 0.385. The molecule has 1 aliphatic carbocycles. The molecule has 0 spiro atoms. The van der Waals surface area contributed by atoms with E-state index in [0.717, 1.165) is 43.7 Å². The van der Waals surface area contributed by atoms with Crippen LogP contribution in [0.3, 0.4) is 0 Å². The van der Waals surface area contributed by atoms with Crippen molar-refractivity contribution in [3.63, 3.8) is 0 Å².